The van der Waals surface area contributed by atoms with Crippen molar-refractivity contribution in [2.75, 3.05) is 12.4 Å². The van der Waals surface area contributed by atoms with Gasteiger partial charge in [-0.2, -0.15) is 13.2 Å². The van der Waals surface area contributed by atoms with Crippen LogP contribution in [0, 0.1) is 0 Å². The molecule has 0 aliphatic carbocycles. The summed E-state index contributed by atoms with van der Waals surface area (Å²) in [5, 5.41) is 9.00. The predicted octanol–water partition coefficient (Wildman–Crippen LogP) is 2.16. The van der Waals surface area contributed by atoms with Gasteiger partial charge in [0, 0.05) is 5.88 Å². The number of hydrogen-bond donors (Lipinski definition) is 2. The first-order valence-corrected chi connectivity index (χ1v) is 5.41. The lowest BCUT2D eigenvalue weighted by atomic mass is 10.3. The molecule has 0 rings (SSSR count). The monoisotopic (exact) mass is 277 g/mol. The molecule has 0 unspecified atom stereocenters. The normalized spacial score (nSPS) is 10.2. The minimum atomic E-state index is -5.02. The van der Waals surface area contributed by atoms with Gasteiger partial charge < -0.3 is 10.4 Å². The van der Waals surface area contributed by atoms with E-state index in [9.17, 15) is 22.8 Å². The van der Waals surface area contributed by atoms with E-state index in [0.717, 1.165) is 11.2 Å². The Kier molecular flexibility index (Phi) is 11.0. The Morgan fingerprint density at radius 2 is 1.82 bits per heavy atom. The Bertz CT molecular complexity index is 230. The number of carboxylic acids is 1. The van der Waals surface area contributed by atoms with Gasteiger partial charge in [0.1, 0.15) is 6.54 Å². The number of carbonyl (C=O) groups excluding carboxylic acids is 1. The lowest BCUT2D eigenvalue weighted by molar-refractivity contribution is -0.174. The summed E-state index contributed by atoms with van der Waals surface area (Å²) in [6.45, 7) is 1.14. The van der Waals surface area contributed by atoms with Crippen LogP contribution in [0.2, 0.25) is 0 Å². The first-order valence-electron chi connectivity index (χ1n) is 4.88. The highest BCUT2D eigenvalue weighted by Gasteiger charge is 2.38. The summed E-state index contributed by atoms with van der Waals surface area (Å²) >= 11 is 5.38. The third-order valence-electron chi connectivity index (χ3n) is 1.39. The van der Waals surface area contributed by atoms with Gasteiger partial charge in [-0.1, -0.05) is 19.8 Å². The molecule has 0 saturated carbocycles. The van der Waals surface area contributed by atoms with E-state index in [1.54, 1.807) is 0 Å². The second kappa shape index (κ2) is 10.2. The van der Waals surface area contributed by atoms with Crippen LogP contribution in [0.15, 0.2) is 0 Å². The number of nitrogens with one attached hydrogen (secondary N) is 1. The Balaban J connectivity index is 0. The van der Waals surface area contributed by atoms with Crippen molar-refractivity contribution < 1.29 is 27.9 Å². The first-order chi connectivity index (χ1) is 7.75. The van der Waals surface area contributed by atoms with Crippen molar-refractivity contribution in [1.29, 1.82) is 0 Å². The Labute approximate surface area is 102 Å². The first kappa shape index (κ1) is 18.4. The van der Waals surface area contributed by atoms with Crippen molar-refractivity contribution in [1.82, 2.24) is 5.32 Å². The van der Waals surface area contributed by atoms with Crippen LogP contribution < -0.4 is 5.32 Å². The summed E-state index contributed by atoms with van der Waals surface area (Å²) in [5.41, 5.74) is 0. The van der Waals surface area contributed by atoms with Crippen LogP contribution in [0.4, 0.5) is 13.2 Å². The van der Waals surface area contributed by atoms with E-state index >= 15 is 0 Å². The fourth-order valence-electron chi connectivity index (χ4n) is 0.601. The van der Waals surface area contributed by atoms with Crippen molar-refractivity contribution in [2.24, 2.45) is 0 Å². The summed E-state index contributed by atoms with van der Waals surface area (Å²) in [6, 6.07) is 0. The molecule has 1 amide bonds. The zero-order chi connectivity index (χ0) is 13.9. The molecule has 0 atom stereocenters. The molecular formula is C9H15ClF3NO3. The zero-order valence-corrected chi connectivity index (χ0v) is 10.1. The Hall–Kier alpha value is -0.980. The van der Waals surface area contributed by atoms with Crippen molar-refractivity contribution in [3.63, 3.8) is 0 Å². The highest BCUT2D eigenvalue weighted by Crippen LogP contribution is 2.13. The number of amides is 1. The SMILES string of the molecule is CCCCCCl.O=C(O)CNC(=O)C(F)(F)F. The van der Waals surface area contributed by atoms with Crippen molar-refractivity contribution in [2.45, 2.75) is 32.4 Å². The number of hydrogen-bond acceptors (Lipinski definition) is 2. The van der Waals surface area contributed by atoms with Crippen LogP contribution in [0.5, 0.6) is 0 Å². The zero-order valence-electron chi connectivity index (χ0n) is 9.31. The Morgan fingerprint density at radius 3 is 2.06 bits per heavy atom. The standard InChI is InChI=1S/C5H11Cl.C4H4F3NO3/c1-2-3-4-5-6;5-4(6,7)3(11)8-1-2(9)10/h2-5H2,1H3;1H2,(H,8,11)(H,9,10). The second-order valence-electron chi connectivity index (χ2n) is 2.97. The second-order valence-corrected chi connectivity index (χ2v) is 3.35. The molecule has 17 heavy (non-hydrogen) atoms. The molecule has 0 aliphatic heterocycles. The van der Waals surface area contributed by atoms with Gasteiger partial charge in [-0.05, 0) is 6.42 Å². The molecule has 0 aromatic carbocycles. The summed E-state index contributed by atoms with van der Waals surface area (Å²) < 4.78 is 33.9. The number of halogens is 4. The van der Waals surface area contributed by atoms with Gasteiger partial charge in [0.25, 0.3) is 0 Å². The number of rotatable bonds is 5. The van der Waals surface area contributed by atoms with Crippen LogP contribution in [0.1, 0.15) is 26.2 Å². The molecule has 4 nitrogen and oxygen atoms in total. The molecule has 2 N–H and O–H groups in total. The van der Waals surface area contributed by atoms with E-state index in [1.807, 2.05) is 0 Å². The summed E-state index contributed by atoms with van der Waals surface area (Å²) in [4.78, 5) is 19.5. The molecule has 0 spiro atoms. The van der Waals surface area contributed by atoms with E-state index in [1.165, 1.54) is 19.3 Å². The van der Waals surface area contributed by atoms with Gasteiger partial charge in [-0.25, -0.2) is 0 Å². The van der Waals surface area contributed by atoms with Gasteiger partial charge in [0.15, 0.2) is 0 Å². The summed E-state index contributed by atoms with van der Waals surface area (Å²) in [6.07, 6.45) is -1.29. The smallest absolute Gasteiger partial charge is 0.471 e. The average molecular weight is 278 g/mol. The van der Waals surface area contributed by atoms with Crippen molar-refractivity contribution in [3.05, 3.63) is 0 Å². The maximum absolute atomic E-state index is 11.3. The third kappa shape index (κ3) is 15.0. The van der Waals surface area contributed by atoms with Gasteiger partial charge in [0.05, 0.1) is 0 Å². The van der Waals surface area contributed by atoms with Crippen LogP contribution in [0.25, 0.3) is 0 Å². The van der Waals surface area contributed by atoms with E-state index in [0.29, 0.717) is 0 Å². The molecule has 0 aromatic heterocycles. The van der Waals surface area contributed by atoms with Gasteiger partial charge in [-0.15, -0.1) is 11.6 Å². The summed E-state index contributed by atoms with van der Waals surface area (Å²) in [7, 11) is 0. The van der Waals surface area contributed by atoms with Crippen LogP contribution in [-0.4, -0.2) is 35.6 Å². The quantitative estimate of drug-likeness (QED) is 0.598. The van der Waals surface area contributed by atoms with Crippen molar-refractivity contribution >= 4 is 23.5 Å². The maximum atomic E-state index is 11.3. The molecular weight excluding hydrogens is 263 g/mol. The molecule has 0 bridgehead atoms. The molecule has 0 saturated heterocycles. The third-order valence-corrected chi connectivity index (χ3v) is 1.66. The van der Waals surface area contributed by atoms with E-state index in [2.05, 4.69) is 6.92 Å². The minimum Gasteiger partial charge on any atom is -0.480 e. The van der Waals surface area contributed by atoms with E-state index < -0.39 is 24.6 Å². The molecule has 0 aliphatic rings. The summed E-state index contributed by atoms with van der Waals surface area (Å²) in [5.74, 6) is -2.95. The predicted molar refractivity (Wildman–Crippen MR) is 56.9 cm³/mol. The lowest BCUT2D eigenvalue weighted by Crippen LogP contribution is -2.39. The van der Waals surface area contributed by atoms with E-state index in [-0.39, 0.29) is 0 Å². The van der Waals surface area contributed by atoms with Crippen LogP contribution >= 0.6 is 11.6 Å². The fourth-order valence-corrected chi connectivity index (χ4v) is 0.790. The largest absolute Gasteiger partial charge is 0.480 e. The van der Waals surface area contributed by atoms with Crippen LogP contribution in [0.3, 0.4) is 0 Å². The van der Waals surface area contributed by atoms with Gasteiger partial charge in [-0.3, -0.25) is 9.59 Å². The molecule has 0 heterocycles. The molecule has 8 heteroatoms. The number of unbranched alkanes of at least 4 members (excludes halogenated alkanes) is 2. The molecule has 102 valence electrons. The van der Waals surface area contributed by atoms with Crippen LogP contribution in [-0.2, 0) is 9.59 Å². The lowest BCUT2D eigenvalue weighted by Gasteiger charge is -2.04. The van der Waals surface area contributed by atoms with Crippen molar-refractivity contribution in [3.8, 4) is 0 Å². The van der Waals surface area contributed by atoms with Gasteiger partial charge in [0.2, 0.25) is 0 Å². The number of carboxylic acid groups (broad SMARTS) is 1. The topological polar surface area (TPSA) is 66.4 Å². The highest BCUT2D eigenvalue weighted by molar-refractivity contribution is 6.17. The molecule has 0 aromatic rings. The maximum Gasteiger partial charge on any atom is 0.471 e. The fraction of sp³-hybridized carbons (Fsp3) is 0.778. The number of carbonyl (C=O) groups is 2. The minimum absolute atomic E-state index is 0.827. The average Bonchev–Trinajstić information content (AvgIpc) is 2.22. The van der Waals surface area contributed by atoms with Gasteiger partial charge >= 0.3 is 18.1 Å². The number of alkyl halides is 4. The molecule has 0 radical (unpaired) electrons. The number of aliphatic carboxylic acids is 1. The Morgan fingerprint density at radius 1 is 1.29 bits per heavy atom. The molecule has 0 fully saturated rings. The van der Waals surface area contributed by atoms with E-state index in [4.69, 9.17) is 16.7 Å². The highest BCUT2D eigenvalue weighted by atomic mass is 35.5.